The van der Waals surface area contributed by atoms with Gasteiger partial charge < -0.3 is 4.74 Å². The topological polar surface area (TPSA) is 98.2 Å². The summed E-state index contributed by atoms with van der Waals surface area (Å²) in [4.78, 5) is 18.1. The van der Waals surface area contributed by atoms with Gasteiger partial charge in [-0.3, -0.25) is 9.52 Å². The maximum absolute atomic E-state index is 11.4. The fourth-order valence-corrected chi connectivity index (χ4v) is 1.94. The van der Waals surface area contributed by atoms with E-state index >= 15 is 0 Å². The minimum atomic E-state index is -3.88. The van der Waals surface area contributed by atoms with Crippen LogP contribution in [0.3, 0.4) is 0 Å². The molecule has 0 saturated heterocycles. The first-order chi connectivity index (χ1) is 7.44. The minimum absolute atomic E-state index is 0.101. The van der Waals surface area contributed by atoms with Gasteiger partial charge in [0.05, 0.1) is 7.11 Å². The van der Waals surface area contributed by atoms with Crippen molar-refractivity contribution in [1.82, 2.24) is 9.97 Å². The lowest BCUT2D eigenvalue weighted by molar-refractivity contribution is -0.137. The molecule has 0 aromatic carbocycles. The number of aromatic nitrogens is 2. The molecule has 88 valence electrons. The number of esters is 1. The summed E-state index contributed by atoms with van der Waals surface area (Å²) < 4.78 is 29.0. The monoisotopic (exact) mass is 265 g/mol. The Hall–Kier alpha value is -1.41. The molecule has 0 radical (unpaired) electrons. The van der Waals surface area contributed by atoms with Gasteiger partial charge in [-0.15, -0.1) is 0 Å². The van der Waals surface area contributed by atoms with Gasteiger partial charge in [-0.2, -0.15) is 0 Å². The number of methoxy groups -OCH3 is 1. The number of carbonyl (C=O) groups excluding carboxylic acids is 1. The normalized spacial score (nSPS) is 10.9. The number of nitrogens with one attached hydrogen (secondary N) is 1. The molecular weight excluding hydrogens is 258 g/mol. The van der Waals surface area contributed by atoms with E-state index in [1.807, 2.05) is 4.72 Å². The number of hydrogen-bond acceptors (Lipinski definition) is 6. The van der Waals surface area contributed by atoms with Crippen LogP contribution in [0.5, 0.6) is 0 Å². The largest absolute Gasteiger partial charge is 0.468 e. The van der Waals surface area contributed by atoms with Gasteiger partial charge in [-0.1, -0.05) is 11.6 Å². The molecule has 1 aromatic rings. The highest BCUT2D eigenvalue weighted by Gasteiger charge is 2.18. The summed E-state index contributed by atoms with van der Waals surface area (Å²) in [6, 6.07) is 0. The summed E-state index contributed by atoms with van der Waals surface area (Å²) >= 11 is 5.58. The molecule has 0 aliphatic rings. The highest BCUT2D eigenvalue weighted by atomic mass is 35.5. The van der Waals surface area contributed by atoms with E-state index in [0.29, 0.717) is 0 Å². The highest BCUT2D eigenvalue weighted by molar-refractivity contribution is 7.93. The van der Waals surface area contributed by atoms with E-state index in [4.69, 9.17) is 11.6 Å². The Morgan fingerprint density at radius 2 is 2.12 bits per heavy atom. The lowest BCUT2D eigenvalue weighted by Gasteiger charge is -2.06. The van der Waals surface area contributed by atoms with E-state index in [1.165, 1.54) is 12.4 Å². The van der Waals surface area contributed by atoms with Crippen LogP contribution in [0.4, 0.5) is 5.82 Å². The summed E-state index contributed by atoms with van der Waals surface area (Å²) in [7, 11) is -2.79. The fourth-order valence-electron chi connectivity index (χ4n) is 0.787. The number of anilines is 1. The van der Waals surface area contributed by atoms with E-state index in [2.05, 4.69) is 14.7 Å². The summed E-state index contributed by atoms with van der Waals surface area (Å²) in [5.41, 5.74) is 0. The van der Waals surface area contributed by atoms with Crippen molar-refractivity contribution in [2.75, 3.05) is 17.6 Å². The molecule has 1 N–H and O–H groups in total. The van der Waals surface area contributed by atoms with Crippen molar-refractivity contribution in [2.45, 2.75) is 0 Å². The summed E-state index contributed by atoms with van der Waals surface area (Å²) in [5, 5.41) is -0.101. The van der Waals surface area contributed by atoms with Crippen LogP contribution in [0.2, 0.25) is 5.15 Å². The molecule has 0 aliphatic carbocycles. The molecule has 0 aliphatic heterocycles. The molecule has 0 amide bonds. The maximum atomic E-state index is 11.4. The van der Waals surface area contributed by atoms with Gasteiger partial charge in [0.25, 0.3) is 0 Å². The Balaban J connectivity index is 2.81. The average molecular weight is 266 g/mol. The average Bonchev–Trinajstić information content (AvgIpc) is 2.20. The molecule has 0 fully saturated rings. The third kappa shape index (κ3) is 3.63. The fraction of sp³-hybridized carbons (Fsp3) is 0.286. The van der Waals surface area contributed by atoms with Gasteiger partial charge in [0.1, 0.15) is 0 Å². The molecule has 9 heteroatoms. The van der Waals surface area contributed by atoms with Gasteiger partial charge in [-0.25, -0.2) is 18.4 Å². The van der Waals surface area contributed by atoms with Gasteiger partial charge in [0, 0.05) is 12.4 Å². The van der Waals surface area contributed by atoms with E-state index in [9.17, 15) is 13.2 Å². The molecule has 16 heavy (non-hydrogen) atoms. The van der Waals surface area contributed by atoms with Crippen LogP contribution < -0.4 is 4.72 Å². The second-order valence-electron chi connectivity index (χ2n) is 2.63. The Morgan fingerprint density at radius 3 is 2.69 bits per heavy atom. The minimum Gasteiger partial charge on any atom is -0.468 e. The molecule has 0 unspecified atom stereocenters. The number of nitrogens with zero attached hydrogens (tertiary/aromatic N) is 2. The Bertz CT molecular complexity index is 490. The smallest absolute Gasteiger partial charge is 0.322 e. The summed E-state index contributed by atoms with van der Waals surface area (Å²) in [5.74, 6) is -1.82. The van der Waals surface area contributed by atoms with E-state index in [-0.39, 0.29) is 11.0 Å². The second kappa shape index (κ2) is 5.08. The van der Waals surface area contributed by atoms with Crippen LogP contribution in [0, 0.1) is 0 Å². The van der Waals surface area contributed by atoms with Gasteiger partial charge in [0.2, 0.25) is 10.0 Å². The molecule has 0 spiro atoms. The lowest BCUT2D eigenvalue weighted by atomic mass is 10.7. The molecule has 1 rings (SSSR count). The first-order valence-electron chi connectivity index (χ1n) is 3.98. The number of halogens is 1. The third-order valence-corrected chi connectivity index (χ3v) is 2.84. The third-order valence-electron chi connectivity index (χ3n) is 1.44. The number of ether oxygens (including phenoxy) is 1. The molecule has 7 nitrogen and oxygen atoms in total. The van der Waals surface area contributed by atoms with Crippen molar-refractivity contribution >= 4 is 33.4 Å². The second-order valence-corrected chi connectivity index (χ2v) is 4.71. The van der Waals surface area contributed by atoms with Crippen LogP contribution in [0.15, 0.2) is 12.4 Å². The highest BCUT2D eigenvalue weighted by Crippen LogP contribution is 2.15. The van der Waals surface area contributed by atoms with Crippen molar-refractivity contribution in [2.24, 2.45) is 0 Å². The van der Waals surface area contributed by atoms with Gasteiger partial charge in [0.15, 0.2) is 16.7 Å². The Kier molecular flexibility index (Phi) is 4.02. The van der Waals surface area contributed by atoms with Crippen LogP contribution in [-0.2, 0) is 19.6 Å². The van der Waals surface area contributed by atoms with Crippen LogP contribution in [0.1, 0.15) is 0 Å². The SMILES string of the molecule is COC(=O)CS(=O)(=O)Nc1nccnc1Cl. The molecule has 0 bridgehead atoms. The number of carbonyl (C=O) groups is 1. The van der Waals surface area contributed by atoms with E-state index in [1.54, 1.807) is 0 Å². The molecule has 1 aromatic heterocycles. The Morgan fingerprint density at radius 1 is 1.50 bits per heavy atom. The molecule has 1 heterocycles. The van der Waals surface area contributed by atoms with Crippen molar-refractivity contribution in [3.63, 3.8) is 0 Å². The zero-order chi connectivity index (χ0) is 12.2. The predicted octanol–water partition coefficient (Wildman–Crippen LogP) is 0.0447. The number of hydrogen-bond donors (Lipinski definition) is 1. The van der Waals surface area contributed by atoms with Crippen LogP contribution in [0.25, 0.3) is 0 Å². The number of sulfonamides is 1. The van der Waals surface area contributed by atoms with Crippen molar-refractivity contribution in [3.8, 4) is 0 Å². The summed E-state index contributed by atoms with van der Waals surface area (Å²) in [6.45, 7) is 0. The van der Waals surface area contributed by atoms with Crippen molar-refractivity contribution in [3.05, 3.63) is 17.5 Å². The predicted molar refractivity (Wildman–Crippen MR) is 56.5 cm³/mol. The standard InChI is InChI=1S/C7H8ClN3O4S/c1-15-5(12)4-16(13,14)11-7-6(8)9-2-3-10-7/h2-3H,4H2,1H3,(H,10,11). The number of rotatable bonds is 4. The zero-order valence-electron chi connectivity index (χ0n) is 8.18. The molecule has 0 atom stereocenters. The van der Waals surface area contributed by atoms with E-state index in [0.717, 1.165) is 7.11 Å². The van der Waals surface area contributed by atoms with Gasteiger partial charge >= 0.3 is 5.97 Å². The van der Waals surface area contributed by atoms with E-state index < -0.39 is 21.7 Å². The first-order valence-corrected chi connectivity index (χ1v) is 6.01. The molecular formula is C7H8ClN3O4S. The first kappa shape index (κ1) is 12.7. The van der Waals surface area contributed by atoms with Gasteiger partial charge in [-0.05, 0) is 0 Å². The van der Waals surface area contributed by atoms with Crippen molar-refractivity contribution in [1.29, 1.82) is 0 Å². The van der Waals surface area contributed by atoms with Crippen LogP contribution in [-0.4, -0.2) is 37.2 Å². The lowest BCUT2D eigenvalue weighted by Crippen LogP contribution is -2.24. The maximum Gasteiger partial charge on any atom is 0.322 e. The molecule has 0 saturated carbocycles. The summed E-state index contributed by atoms with van der Waals surface area (Å²) in [6.07, 6.45) is 2.57. The Labute approximate surface area is 96.9 Å². The van der Waals surface area contributed by atoms with Crippen LogP contribution >= 0.6 is 11.6 Å². The van der Waals surface area contributed by atoms with Crippen molar-refractivity contribution < 1.29 is 17.9 Å². The zero-order valence-corrected chi connectivity index (χ0v) is 9.75. The quantitative estimate of drug-likeness (QED) is 0.772.